The van der Waals surface area contributed by atoms with Crippen molar-refractivity contribution in [3.63, 3.8) is 0 Å². The van der Waals surface area contributed by atoms with Crippen molar-refractivity contribution in [2.75, 3.05) is 0 Å². The van der Waals surface area contributed by atoms with Crippen LogP contribution in [0.1, 0.15) is 0 Å². The van der Waals surface area contributed by atoms with Crippen LogP contribution < -0.4 is 0 Å². The van der Waals surface area contributed by atoms with Gasteiger partial charge in [-0.3, -0.25) is 4.98 Å². The van der Waals surface area contributed by atoms with Crippen LogP contribution in [0, 0.1) is 0 Å². The van der Waals surface area contributed by atoms with E-state index >= 15 is 0 Å². The van der Waals surface area contributed by atoms with Crippen molar-refractivity contribution in [1.82, 2.24) is 4.98 Å². The molecule has 50 valence electrons. The minimum Gasteiger partial charge on any atom is -0.412 e. The summed E-state index contributed by atoms with van der Waals surface area (Å²) in [5.74, 6) is 0. The van der Waals surface area contributed by atoms with Gasteiger partial charge < -0.3 is 11.0 Å². The van der Waals surface area contributed by atoms with Gasteiger partial charge in [-0.25, -0.2) is 0 Å². The van der Waals surface area contributed by atoms with E-state index in [2.05, 4.69) is 4.98 Å². The second-order valence-electron chi connectivity index (χ2n) is 0.676. The third kappa shape index (κ3) is 6.03. The molecule has 0 amide bonds. The Labute approximate surface area is 61.8 Å². The lowest BCUT2D eigenvalue weighted by molar-refractivity contribution is 0.823. The molecular weight excluding hydrogens is 194 g/mol. The van der Waals surface area contributed by atoms with E-state index < -0.39 is 0 Å². The number of hydrogen-bond acceptors (Lipinski definition) is 2. The quantitative estimate of drug-likeness (QED) is 0.586. The van der Waals surface area contributed by atoms with Crippen LogP contribution in [-0.2, 0) is 0 Å². The molecular formula is C3H8BrNO2S. The summed E-state index contributed by atoms with van der Waals surface area (Å²) in [6.07, 6.45) is 1.77. The molecule has 0 spiro atoms. The highest BCUT2D eigenvalue weighted by molar-refractivity contribution is 8.93. The molecule has 0 unspecified atom stereocenters. The molecule has 0 aliphatic heterocycles. The maximum Gasteiger partial charge on any atom is 0.0791 e. The standard InChI is InChI=1S/C3H3NS.BrH.2H2O/c1-2-5-3-4-1;;;/h1-3H;1H;2*1H2. The van der Waals surface area contributed by atoms with E-state index in [-0.39, 0.29) is 27.9 Å². The van der Waals surface area contributed by atoms with Crippen LogP contribution in [0.25, 0.3) is 0 Å². The number of thiazole rings is 1. The Kier molecular flexibility index (Phi) is 19.8. The summed E-state index contributed by atoms with van der Waals surface area (Å²) in [5.41, 5.74) is 1.79. The molecule has 1 heterocycles. The second-order valence-corrected chi connectivity index (χ2v) is 1.43. The Morgan fingerprint density at radius 3 is 2.00 bits per heavy atom. The van der Waals surface area contributed by atoms with Gasteiger partial charge in [-0.15, -0.1) is 28.3 Å². The third-order valence-corrected chi connectivity index (χ3v) is 0.869. The smallest absolute Gasteiger partial charge is 0.0791 e. The zero-order valence-electron chi connectivity index (χ0n) is 4.00. The fourth-order valence-corrected chi connectivity index (χ4v) is 0.527. The molecule has 3 nitrogen and oxygen atoms in total. The molecule has 0 radical (unpaired) electrons. The lowest BCUT2D eigenvalue weighted by Gasteiger charge is -1.41. The highest BCUT2D eigenvalue weighted by Gasteiger charge is 1.59. The van der Waals surface area contributed by atoms with Gasteiger partial charge in [0.05, 0.1) is 5.51 Å². The molecule has 0 saturated heterocycles. The largest absolute Gasteiger partial charge is 0.412 e. The molecule has 5 heteroatoms. The Balaban J connectivity index is -0.0000000833. The zero-order valence-corrected chi connectivity index (χ0v) is 6.53. The molecule has 8 heavy (non-hydrogen) atoms. The van der Waals surface area contributed by atoms with Crippen LogP contribution in [0.4, 0.5) is 0 Å². The Morgan fingerprint density at radius 1 is 1.25 bits per heavy atom. The number of hydrogen-bond donors (Lipinski definition) is 0. The SMILES string of the molecule is Br.O.O.c1cscn1. The first-order chi connectivity index (χ1) is 2.50. The topological polar surface area (TPSA) is 75.9 Å². The van der Waals surface area contributed by atoms with E-state index in [1.807, 2.05) is 5.38 Å². The Bertz CT molecular complexity index is 73.8. The Hall–Kier alpha value is 0.0300. The van der Waals surface area contributed by atoms with Crippen LogP contribution in [0.3, 0.4) is 0 Å². The first-order valence-electron chi connectivity index (χ1n) is 1.32. The summed E-state index contributed by atoms with van der Waals surface area (Å²) in [4.78, 5) is 3.74. The van der Waals surface area contributed by atoms with Crippen molar-refractivity contribution in [2.45, 2.75) is 0 Å². The van der Waals surface area contributed by atoms with E-state index in [1.165, 1.54) is 0 Å². The van der Waals surface area contributed by atoms with E-state index in [9.17, 15) is 0 Å². The molecule has 0 atom stereocenters. The molecule has 4 N–H and O–H groups in total. The first kappa shape index (κ1) is 15.7. The molecule has 0 bridgehead atoms. The Morgan fingerprint density at radius 2 is 1.88 bits per heavy atom. The van der Waals surface area contributed by atoms with Crippen LogP contribution in [0.2, 0.25) is 0 Å². The molecule has 1 aromatic rings. The fraction of sp³-hybridized carbons (Fsp3) is 0. The molecule has 0 saturated carbocycles. The van der Waals surface area contributed by atoms with Crippen LogP contribution in [0.15, 0.2) is 17.1 Å². The van der Waals surface area contributed by atoms with Gasteiger partial charge in [0.25, 0.3) is 0 Å². The third-order valence-electron chi connectivity index (χ3n) is 0.347. The first-order valence-corrected chi connectivity index (χ1v) is 2.26. The van der Waals surface area contributed by atoms with Gasteiger partial charge in [-0.2, -0.15) is 0 Å². The monoisotopic (exact) mass is 201 g/mol. The second kappa shape index (κ2) is 10.1. The van der Waals surface area contributed by atoms with Gasteiger partial charge in [-0.1, -0.05) is 0 Å². The molecule has 0 aliphatic carbocycles. The van der Waals surface area contributed by atoms with E-state index in [1.54, 1.807) is 23.0 Å². The summed E-state index contributed by atoms with van der Waals surface area (Å²) in [6.45, 7) is 0. The highest BCUT2D eigenvalue weighted by Crippen LogP contribution is 1.85. The summed E-state index contributed by atoms with van der Waals surface area (Å²) in [5, 5.41) is 1.93. The van der Waals surface area contributed by atoms with Crippen molar-refractivity contribution < 1.29 is 11.0 Å². The molecule has 1 aromatic heterocycles. The minimum absolute atomic E-state index is 0. The summed E-state index contributed by atoms with van der Waals surface area (Å²) in [6, 6.07) is 0. The molecule has 0 aromatic carbocycles. The minimum atomic E-state index is 0. The van der Waals surface area contributed by atoms with E-state index in [4.69, 9.17) is 0 Å². The van der Waals surface area contributed by atoms with Crippen molar-refractivity contribution in [3.8, 4) is 0 Å². The van der Waals surface area contributed by atoms with Crippen molar-refractivity contribution >= 4 is 28.3 Å². The number of nitrogens with zero attached hydrogens (tertiary/aromatic N) is 1. The fourth-order valence-electron chi connectivity index (χ4n) is 0.176. The number of halogens is 1. The van der Waals surface area contributed by atoms with Gasteiger partial charge in [-0.05, 0) is 0 Å². The van der Waals surface area contributed by atoms with E-state index in [0.29, 0.717) is 0 Å². The highest BCUT2D eigenvalue weighted by atomic mass is 79.9. The zero-order chi connectivity index (χ0) is 3.54. The average molecular weight is 202 g/mol. The van der Waals surface area contributed by atoms with Gasteiger partial charge in [0, 0.05) is 11.6 Å². The van der Waals surface area contributed by atoms with Gasteiger partial charge in [0.1, 0.15) is 0 Å². The van der Waals surface area contributed by atoms with Crippen molar-refractivity contribution in [3.05, 3.63) is 17.1 Å². The number of aromatic nitrogens is 1. The summed E-state index contributed by atoms with van der Waals surface area (Å²) >= 11 is 1.60. The predicted molar refractivity (Wildman–Crippen MR) is 39.7 cm³/mol. The average Bonchev–Trinajstić information content (AvgIpc) is 1.76. The maximum atomic E-state index is 3.74. The van der Waals surface area contributed by atoms with Crippen LogP contribution in [-0.4, -0.2) is 15.9 Å². The normalized spacial score (nSPS) is 5.00. The van der Waals surface area contributed by atoms with Gasteiger partial charge >= 0.3 is 0 Å². The lowest BCUT2D eigenvalue weighted by Crippen LogP contribution is -1.38. The van der Waals surface area contributed by atoms with Crippen LogP contribution >= 0.6 is 28.3 Å². The summed E-state index contributed by atoms with van der Waals surface area (Å²) in [7, 11) is 0. The molecule has 0 aliphatic rings. The predicted octanol–water partition coefficient (Wildman–Crippen LogP) is 0.0716. The van der Waals surface area contributed by atoms with Crippen LogP contribution in [0.5, 0.6) is 0 Å². The van der Waals surface area contributed by atoms with Gasteiger partial charge in [0.15, 0.2) is 0 Å². The lowest BCUT2D eigenvalue weighted by atomic mass is 11.0. The number of rotatable bonds is 0. The molecule has 0 fully saturated rings. The summed E-state index contributed by atoms with van der Waals surface area (Å²) < 4.78 is 0. The molecule has 1 rings (SSSR count). The van der Waals surface area contributed by atoms with Gasteiger partial charge in [0.2, 0.25) is 0 Å². The van der Waals surface area contributed by atoms with Crippen molar-refractivity contribution in [1.29, 1.82) is 0 Å². The maximum absolute atomic E-state index is 3.74. The van der Waals surface area contributed by atoms with E-state index in [0.717, 1.165) is 0 Å². The van der Waals surface area contributed by atoms with Crippen molar-refractivity contribution in [2.24, 2.45) is 0 Å².